The fourth-order valence-corrected chi connectivity index (χ4v) is 4.68. The van der Waals surface area contributed by atoms with Crippen molar-refractivity contribution in [2.45, 2.75) is 32.0 Å². The van der Waals surface area contributed by atoms with Gasteiger partial charge >= 0.3 is 0 Å². The van der Waals surface area contributed by atoms with Gasteiger partial charge in [0.15, 0.2) is 0 Å². The zero-order chi connectivity index (χ0) is 23.8. The van der Waals surface area contributed by atoms with Crippen molar-refractivity contribution >= 4 is 17.4 Å². The van der Waals surface area contributed by atoms with E-state index in [9.17, 15) is 14.7 Å². The minimum Gasteiger partial charge on any atom is -0.507 e. The number of methoxy groups -OCH3 is 1. The lowest BCUT2D eigenvalue weighted by atomic mass is 9.94. The average Bonchev–Trinajstić information content (AvgIpc) is 3.35. The largest absolute Gasteiger partial charge is 0.507 e. The van der Waals surface area contributed by atoms with Crippen LogP contribution in [0, 0.1) is 0 Å². The minimum atomic E-state index is -0.727. The maximum Gasteiger partial charge on any atom is 0.295 e. The van der Waals surface area contributed by atoms with Crippen LogP contribution in [0.15, 0.2) is 78.4 Å². The third-order valence-electron chi connectivity index (χ3n) is 6.34. The molecule has 2 atom stereocenters. The van der Waals surface area contributed by atoms with Gasteiger partial charge in [-0.3, -0.25) is 9.59 Å². The van der Waals surface area contributed by atoms with Gasteiger partial charge in [-0.15, -0.1) is 0 Å². The molecule has 3 aromatic carbocycles. The number of nitrogens with zero attached hydrogens (tertiary/aromatic N) is 1. The molecule has 1 amide bonds. The van der Waals surface area contributed by atoms with Crippen molar-refractivity contribution in [1.29, 1.82) is 0 Å². The van der Waals surface area contributed by atoms with Crippen molar-refractivity contribution < 1.29 is 24.2 Å². The van der Waals surface area contributed by atoms with E-state index in [1.165, 1.54) is 4.90 Å². The Morgan fingerprint density at radius 1 is 1.06 bits per heavy atom. The summed E-state index contributed by atoms with van der Waals surface area (Å²) < 4.78 is 11.0. The first-order chi connectivity index (χ1) is 16.5. The Balaban J connectivity index is 1.62. The van der Waals surface area contributed by atoms with E-state index in [-0.39, 0.29) is 24.0 Å². The lowest BCUT2D eigenvalue weighted by Crippen LogP contribution is -2.29. The third-order valence-corrected chi connectivity index (χ3v) is 6.34. The van der Waals surface area contributed by atoms with Crippen molar-refractivity contribution in [1.82, 2.24) is 4.90 Å². The average molecular weight is 456 g/mol. The van der Waals surface area contributed by atoms with E-state index in [2.05, 4.69) is 0 Å². The van der Waals surface area contributed by atoms with Gasteiger partial charge in [0, 0.05) is 18.5 Å². The molecule has 0 saturated carbocycles. The van der Waals surface area contributed by atoms with Gasteiger partial charge in [0.1, 0.15) is 23.4 Å². The summed E-state index contributed by atoms with van der Waals surface area (Å²) in [6.45, 7) is 2.23. The molecule has 1 N–H and O–H groups in total. The van der Waals surface area contributed by atoms with Gasteiger partial charge in [0.2, 0.25) is 0 Å². The van der Waals surface area contributed by atoms with Crippen molar-refractivity contribution in [2.24, 2.45) is 0 Å². The molecule has 2 unspecified atom stereocenters. The van der Waals surface area contributed by atoms with E-state index in [4.69, 9.17) is 9.47 Å². The predicted molar refractivity (Wildman–Crippen MR) is 128 cm³/mol. The Hall–Kier alpha value is -4.06. The van der Waals surface area contributed by atoms with Crippen LogP contribution in [0.5, 0.6) is 11.5 Å². The van der Waals surface area contributed by atoms with Gasteiger partial charge in [0.25, 0.3) is 11.7 Å². The Labute approximate surface area is 198 Å². The van der Waals surface area contributed by atoms with Crippen molar-refractivity contribution in [3.05, 3.63) is 101 Å². The first-order valence-corrected chi connectivity index (χ1v) is 11.2. The van der Waals surface area contributed by atoms with Gasteiger partial charge in [0.05, 0.1) is 18.7 Å². The molecule has 6 nitrogen and oxygen atoms in total. The van der Waals surface area contributed by atoms with Crippen LogP contribution in [0.2, 0.25) is 0 Å². The first-order valence-electron chi connectivity index (χ1n) is 11.2. The molecule has 0 spiro atoms. The van der Waals surface area contributed by atoms with Crippen LogP contribution in [0.1, 0.15) is 35.2 Å². The van der Waals surface area contributed by atoms with Crippen LogP contribution in [0.25, 0.3) is 5.76 Å². The Bertz CT molecular complexity index is 1280. The smallest absolute Gasteiger partial charge is 0.295 e. The number of aliphatic hydroxyl groups is 1. The van der Waals surface area contributed by atoms with Gasteiger partial charge in [-0.1, -0.05) is 42.5 Å². The minimum absolute atomic E-state index is 0.0585. The van der Waals surface area contributed by atoms with E-state index >= 15 is 0 Å². The summed E-state index contributed by atoms with van der Waals surface area (Å²) in [6, 6.07) is 21.3. The molecule has 5 rings (SSSR count). The van der Waals surface area contributed by atoms with Crippen LogP contribution in [-0.4, -0.2) is 34.9 Å². The molecular formula is C28H25NO5. The molecule has 34 heavy (non-hydrogen) atoms. The second-order valence-corrected chi connectivity index (χ2v) is 8.64. The highest BCUT2D eigenvalue weighted by molar-refractivity contribution is 6.46. The fraction of sp³-hybridized carbons (Fsp3) is 0.214. The Kier molecular flexibility index (Phi) is 5.57. The molecule has 2 aliphatic rings. The second-order valence-electron chi connectivity index (χ2n) is 8.64. The number of Topliss-reactive ketones (excluding diaryl/α,β-unsaturated/α-hetero) is 1. The quantitative estimate of drug-likeness (QED) is 0.345. The molecule has 172 valence electrons. The summed E-state index contributed by atoms with van der Waals surface area (Å²) in [4.78, 5) is 28.0. The molecule has 0 aliphatic carbocycles. The molecule has 0 radical (unpaired) electrons. The highest BCUT2D eigenvalue weighted by atomic mass is 16.5. The summed E-state index contributed by atoms with van der Waals surface area (Å²) in [5.41, 5.74) is 3.16. The number of hydrogen-bond acceptors (Lipinski definition) is 5. The van der Waals surface area contributed by atoms with Crippen LogP contribution < -0.4 is 9.47 Å². The van der Waals surface area contributed by atoms with Crippen LogP contribution in [0.3, 0.4) is 0 Å². The predicted octanol–water partition coefficient (Wildman–Crippen LogP) is 4.64. The Morgan fingerprint density at radius 2 is 1.79 bits per heavy atom. The molecule has 0 aromatic heterocycles. The molecule has 2 heterocycles. The number of carbonyl (C=O) groups excluding carboxylic acids is 2. The zero-order valence-corrected chi connectivity index (χ0v) is 19.0. The van der Waals surface area contributed by atoms with Crippen molar-refractivity contribution in [2.75, 3.05) is 7.11 Å². The molecule has 3 aromatic rings. The number of ether oxygens (including phenoxy) is 2. The van der Waals surface area contributed by atoms with Crippen LogP contribution >= 0.6 is 0 Å². The number of aliphatic hydroxyl groups excluding tert-OH is 1. The topological polar surface area (TPSA) is 76.1 Å². The zero-order valence-electron chi connectivity index (χ0n) is 19.0. The highest BCUT2D eigenvalue weighted by Gasteiger charge is 2.46. The van der Waals surface area contributed by atoms with Gasteiger partial charge in [-0.25, -0.2) is 0 Å². The van der Waals surface area contributed by atoms with E-state index in [1.807, 2.05) is 55.5 Å². The number of fused-ring (bicyclic) bond motifs is 1. The number of benzene rings is 3. The van der Waals surface area contributed by atoms with E-state index in [0.29, 0.717) is 11.3 Å². The number of carbonyl (C=O) groups is 2. The monoisotopic (exact) mass is 455 g/mol. The molecule has 2 aliphatic heterocycles. The van der Waals surface area contributed by atoms with Crippen LogP contribution in [0.4, 0.5) is 0 Å². The number of rotatable bonds is 5. The summed E-state index contributed by atoms with van der Waals surface area (Å²) in [7, 11) is 1.58. The number of ketones is 1. The summed E-state index contributed by atoms with van der Waals surface area (Å²) in [5, 5.41) is 11.3. The summed E-state index contributed by atoms with van der Waals surface area (Å²) in [5.74, 6) is -0.0717. The molecule has 1 saturated heterocycles. The van der Waals surface area contributed by atoms with Crippen LogP contribution in [-0.2, 0) is 22.6 Å². The third kappa shape index (κ3) is 3.81. The number of hydrogen-bond donors (Lipinski definition) is 1. The SMILES string of the molecule is COc1ccc(C2C(=C(O)c3ccc4c(c3)CC(C)O4)C(=O)C(=O)N2Cc2ccccc2)cc1. The summed E-state index contributed by atoms with van der Waals surface area (Å²) in [6.07, 6.45) is 0.781. The van der Waals surface area contributed by atoms with E-state index in [1.54, 1.807) is 31.4 Å². The van der Waals surface area contributed by atoms with Gasteiger partial charge < -0.3 is 19.5 Å². The second kappa shape index (κ2) is 8.71. The van der Waals surface area contributed by atoms with Gasteiger partial charge in [-0.05, 0) is 53.9 Å². The number of likely N-dealkylation sites (tertiary alicyclic amines) is 1. The summed E-state index contributed by atoms with van der Waals surface area (Å²) >= 11 is 0. The molecule has 1 fully saturated rings. The Morgan fingerprint density at radius 3 is 2.50 bits per heavy atom. The van der Waals surface area contributed by atoms with Gasteiger partial charge in [-0.2, -0.15) is 0 Å². The lowest BCUT2D eigenvalue weighted by molar-refractivity contribution is -0.140. The highest BCUT2D eigenvalue weighted by Crippen LogP contribution is 2.41. The maximum absolute atomic E-state index is 13.3. The molecular weight excluding hydrogens is 430 g/mol. The standard InChI is InChI=1S/C28H25NO5/c1-17-14-21-15-20(10-13-23(21)34-17)26(30)24-25(19-8-11-22(33-2)12-9-19)29(28(32)27(24)31)16-18-6-4-3-5-7-18/h3-13,15,17,25,30H,14,16H2,1-2H3. The molecule has 6 heteroatoms. The van der Waals surface area contributed by atoms with Crippen molar-refractivity contribution in [3.8, 4) is 11.5 Å². The fourth-order valence-electron chi connectivity index (χ4n) is 4.68. The van der Waals surface area contributed by atoms with E-state index < -0.39 is 17.7 Å². The van der Waals surface area contributed by atoms with Crippen molar-refractivity contribution in [3.63, 3.8) is 0 Å². The molecule has 0 bridgehead atoms. The first kappa shape index (κ1) is 21.8. The number of amides is 1. The normalized spacial score (nSPS) is 20.8. The van der Waals surface area contributed by atoms with E-state index in [0.717, 1.165) is 28.9 Å². The maximum atomic E-state index is 13.3. The lowest BCUT2D eigenvalue weighted by Gasteiger charge is -2.25.